The van der Waals surface area contributed by atoms with Gasteiger partial charge in [-0.05, 0) is 62.9 Å². The predicted octanol–water partition coefficient (Wildman–Crippen LogP) is 3.62. The number of aryl methyl sites for hydroxylation is 1. The Morgan fingerprint density at radius 3 is 2.72 bits per heavy atom. The van der Waals surface area contributed by atoms with Crippen molar-refractivity contribution in [2.24, 2.45) is 0 Å². The number of nitrogens with one attached hydrogen (secondary N) is 2. The van der Waals surface area contributed by atoms with Gasteiger partial charge in [-0.1, -0.05) is 24.3 Å². The fourth-order valence-corrected chi connectivity index (χ4v) is 3.23. The van der Waals surface area contributed by atoms with Crippen LogP contribution in [0.2, 0.25) is 0 Å². The van der Waals surface area contributed by atoms with Gasteiger partial charge >= 0.3 is 0 Å². The molecule has 154 valence electrons. The zero-order valence-corrected chi connectivity index (χ0v) is 17.2. The smallest absolute Gasteiger partial charge is 0.265 e. The molecular formula is C23H28N2O4. The number of rotatable bonds is 7. The summed E-state index contributed by atoms with van der Waals surface area (Å²) < 4.78 is 11.4. The molecule has 0 aromatic heterocycles. The number of hydrogen-bond acceptors (Lipinski definition) is 4. The van der Waals surface area contributed by atoms with Crippen molar-refractivity contribution < 1.29 is 19.1 Å². The molecule has 2 N–H and O–H groups in total. The maximum Gasteiger partial charge on any atom is 0.265 e. The first-order valence-corrected chi connectivity index (χ1v) is 9.98. The molecule has 2 aromatic rings. The highest BCUT2D eigenvalue weighted by atomic mass is 16.5. The monoisotopic (exact) mass is 396 g/mol. The van der Waals surface area contributed by atoms with Gasteiger partial charge < -0.3 is 20.1 Å². The third kappa shape index (κ3) is 5.35. The molecule has 0 spiro atoms. The first-order valence-electron chi connectivity index (χ1n) is 9.98. The molecular weight excluding hydrogens is 368 g/mol. The van der Waals surface area contributed by atoms with Crippen molar-refractivity contribution in [3.8, 4) is 5.75 Å². The van der Waals surface area contributed by atoms with Crippen LogP contribution in [0, 0.1) is 13.8 Å². The Bertz CT molecular complexity index is 875. The second-order valence-corrected chi connectivity index (χ2v) is 7.34. The minimum absolute atomic E-state index is 0.0618. The molecule has 2 amide bonds. The number of hydrogen-bond donors (Lipinski definition) is 2. The Labute approximate surface area is 171 Å². The molecule has 1 fully saturated rings. The summed E-state index contributed by atoms with van der Waals surface area (Å²) in [4.78, 5) is 25.3. The van der Waals surface area contributed by atoms with Crippen molar-refractivity contribution in [1.29, 1.82) is 0 Å². The zero-order chi connectivity index (χ0) is 20.8. The van der Waals surface area contributed by atoms with Crippen molar-refractivity contribution in [3.05, 3.63) is 59.2 Å². The highest BCUT2D eigenvalue weighted by Crippen LogP contribution is 2.22. The van der Waals surface area contributed by atoms with Crippen LogP contribution < -0.4 is 15.4 Å². The third-order valence-corrected chi connectivity index (χ3v) is 5.17. The highest BCUT2D eigenvalue weighted by molar-refractivity contribution is 6.04. The molecule has 1 aliphatic rings. The van der Waals surface area contributed by atoms with Gasteiger partial charge in [-0.2, -0.15) is 0 Å². The lowest BCUT2D eigenvalue weighted by molar-refractivity contribution is -0.122. The fourth-order valence-electron chi connectivity index (χ4n) is 3.23. The highest BCUT2D eigenvalue weighted by Gasteiger charge is 2.21. The van der Waals surface area contributed by atoms with Crippen LogP contribution in [0.25, 0.3) is 0 Å². The summed E-state index contributed by atoms with van der Waals surface area (Å²) in [6, 6.07) is 12.7. The van der Waals surface area contributed by atoms with Crippen molar-refractivity contribution >= 4 is 17.5 Å². The number of anilines is 1. The number of carbonyl (C=O) groups excluding carboxylic acids is 2. The second kappa shape index (κ2) is 9.56. The van der Waals surface area contributed by atoms with Gasteiger partial charge in [-0.3, -0.25) is 9.59 Å². The lowest BCUT2D eigenvalue weighted by atomic mass is 10.1. The molecule has 0 saturated carbocycles. The molecule has 1 heterocycles. The van der Waals surface area contributed by atoms with E-state index in [1.807, 2.05) is 32.0 Å². The zero-order valence-electron chi connectivity index (χ0n) is 17.2. The van der Waals surface area contributed by atoms with Crippen LogP contribution in [0.3, 0.4) is 0 Å². The Hall–Kier alpha value is -2.86. The SMILES string of the molecule is Cc1cccc(O[C@H](C)C(=O)Nc2ccccc2C(=O)NC[C@@H]2CCCO2)c1C. The molecule has 2 aromatic carbocycles. The van der Waals surface area contributed by atoms with E-state index in [0.29, 0.717) is 23.5 Å². The first-order chi connectivity index (χ1) is 14.0. The predicted molar refractivity (Wildman–Crippen MR) is 112 cm³/mol. The van der Waals surface area contributed by atoms with Crippen LogP contribution >= 0.6 is 0 Å². The van der Waals surface area contributed by atoms with Crippen LogP contribution in [0.5, 0.6) is 5.75 Å². The number of benzene rings is 2. The van der Waals surface area contributed by atoms with E-state index in [1.54, 1.807) is 31.2 Å². The van der Waals surface area contributed by atoms with Gasteiger partial charge in [-0.15, -0.1) is 0 Å². The maximum atomic E-state index is 12.7. The molecule has 0 aliphatic carbocycles. The molecule has 2 atom stereocenters. The van der Waals surface area contributed by atoms with Crippen molar-refractivity contribution in [3.63, 3.8) is 0 Å². The number of amides is 2. The Balaban J connectivity index is 1.63. The standard InChI is InChI=1S/C23H28N2O4/c1-15-8-6-12-21(16(15)2)29-17(3)22(26)25-20-11-5-4-10-19(20)23(27)24-14-18-9-7-13-28-18/h4-6,8,10-12,17-18H,7,9,13-14H2,1-3H3,(H,24,27)(H,25,26)/t17-,18+/m1/s1. The minimum atomic E-state index is -0.710. The molecule has 3 rings (SSSR count). The average molecular weight is 396 g/mol. The largest absolute Gasteiger partial charge is 0.481 e. The normalized spacial score (nSPS) is 16.9. The van der Waals surface area contributed by atoms with Gasteiger partial charge in [0.1, 0.15) is 5.75 Å². The summed E-state index contributed by atoms with van der Waals surface area (Å²) in [6.07, 6.45) is 1.32. The first kappa shape index (κ1) is 20.9. The van der Waals surface area contributed by atoms with Gasteiger partial charge in [0.15, 0.2) is 6.10 Å². The number of carbonyl (C=O) groups is 2. The van der Waals surface area contributed by atoms with Crippen LogP contribution in [0.15, 0.2) is 42.5 Å². The molecule has 29 heavy (non-hydrogen) atoms. The molecule has 0 bridgehead atoms. The summed E-state index contributed by atoms with van der Waals surface area (Å²) in [5.41, 5.74) is 2.97. The van der Waals surface area contributed by atoms with E-state index < -0.39 is 6.10 Å². The second-order valence-electron chi connectivity index (χ2n) is 7.34. The minimum Gasteiger partial charge on any atom is -0.481 e. The van der Waals surface area contributed by atoms with E-state index in [4.69, 9.17) is 9.47 Å². The topological polar surface area (TPSA) is 76.7 Å². The van der Waals surface area contributed by atoms with E-state index in [-0.39, 0.29) is 17.9 Å². The summed E-state index contributed by atoms with van der Waals surface area (Å²) in [7, 11) is 0. The molecule has 0 radical (unpaired) electrons. The van der Waals surface area contributed by atoms with E-state index in [9.17, 15) is 9.59 Å². The van der Waals surface area contributed by atoms with E-state index in [0.717, 1.165) is 30.6 Å². The molecule has 1 aliphatic heterocycles. The van der Waals surface area contributed by atoms with Crippen molar-refractivity contribution in [1.82, 2.24) is 5.32 Å². The maximum absolute atomic E-state index is 12.7. The lowest BCUT2D eigenvalue weighted by Gasteiger charge is -2.18. The summed E-state index contributed by atoms with van der Waals surface area (Å²) in [5.74, 6) is 0.125. The van der Waals surface area contributed by atoms with E-state index >= 15 is 0 Å². The summed E-state index contributed by atoms with van der Waals surface area (Å²) >= 11 is 0. The summed E-state index contributed by atoms with van der Waals surface area (Å²) in [6.45, 7) is 6.86. The van der Waals surface area contributed by atoms with Gasteiger partial charge in [0.05, 0.1) is 17.4 Å². The summed E-state index contributed by atoms with van der Waals surface area (Å²) in [5, 5.41) is 5.71. The fraction of sp³-hybridized carbons (Fsp3) is 0.391. The number of ether oxygens (including phenoxy) is 2. The Morgan fingerprint density at radius 2 is 1.97 bits per heavy atom. The number of para-hydroxylation sites is 1. The van der Waals surface area contributed by atoms with Crippen LogP contribution in [0.1, 0.15) is 41.3 Å². The van der Waals surface area contributed by atoms with Crippen LogP contribution in [-0.2, 0) is 9.53 Å². The Kier molecular flexibility index (Phi) is 6.88. The molecule has 6 nitrogen and oxygen atoms in total. The Morgan fingerprint density at radius 1 is 1.17 bits per heavy atom. The molecule has 0 unspecified atom stereocenters. The van der Waals surface area contributed by atoms with Crippen molar-refractivity contribution in [2.75, 3.05) is 18.5 Å². The van der Waals surface area contributed by atoms with Crippen LogP contribution in [-0.4, -0.2) is 37.2 Å². The third-order valence-electron chi connectivity index (χ3n) is 5.17. The quantitative estimate of drug-likeness (QED) is 0.749. The van der Waals surface area contributed by atoms with Gasteiger partial charge in [-0.25, -0.2) is 0 Å². The molecule has 6 heteroatoms. The van der Waals surface area contributed by atoms with Crippen LogP contribution in [0.4, 0.5) is 5.69 Å². The van der Waals surface area contributed by atoms with Gasteiger partial charge in [0, 0.05) is 13.2 Å². The lowest BCUT2D eigenvalue weighted by Crippen LogP contribution is -2.34. The van der Waals surface area contributed by atoms with Gasteiger partial charge in [0.2, 0.25) is 0 Å². The average Bonchev–Trinajstić information content (AvgIpc) is 3.23. The van der Waals surface area contributed by atoms with Gasteiger partial charge in [0.25, 0.3) is 11.8 Å². The van der Waals surface area contributed by atoms with E-state index in [2.05, 4.69) is 10.6 Å². The molecule has 1 saturated heterocycles. The van der Waals surface area contributed by atoms with Crippen molar-refractivity contribution in [2.45, 2.75) is 45.8 Å². The van der Waals surface area contributed by atoms with E-state index in [1.165, 1.54) is 0 Å².